The van der Waals surface area contributed by atoms with Crippen molar-refractivity contribution in [2.24, 2.45) is 17.8 Å². The van der Waals surface area contributed by atoms with Gasteiger partial charge in [0.05, 0.1) is 22.2 Å². The number of hydrogen-bond acceptors (Lipinski definition) is 10. The van der Waals surface area contributed by atoms with Crippen LogP contribution in [0.25, 0.3) is 16.7 Å². The third-order valence-corrected chi connectivity index (χ3v) is 14.0. The van der Waals surface area contributed by atoms with Crippen LogP contribution >= 0.6 is 0 Å². The summed E-state index contributed by atoms with van der Waals surface area (Å²) in [6, 6.07) is 5.03. The van der Waals surface area contributed by atoms with Crippen LogP contribution in [-0.4, -0.2) is 107 Å². The van der Waals surface area contributed by atoms with Gasteiger partial charge in [-0.15, -0.1) is 10.2 Å². The molecule has 7 rings (SSSR count). The summed E-state index contributed by atoms with van der Waals surface area (Å²) in [5.41, 5.74) is -1.81. The van der Waals surface area contributed by atoms with Crippen molar-refractivity contribution in [2.75, 3.05) is 6.54 Å². The largest absolute Gasteiger partial charge is 0.472 e. The fraction of sp³-hybridized carbons (Fsp3) is 0.605. The molecule has 296 valence electrons. The van der Waals surface area contributed by atoms with E-state index in [0.29, 0.717) is 31.1 Å². The summed E-state index contributed by atoms with van der Waals surface area (Å²) in [5.74, 6) is -2.35. The number of carboxylic acid groups (broad SMARTS) is 1. The summed E-state index contributed by atoms with van der Waals surface area (Å²) >= 11 is 0. The molecule has 4 heterocycles. The number of nitrogens with zero attached hydrogens (tertiary/aromatic N) is 6. The number of sulfonamides is 1. The van der Waals surface area contributed by atoms with Gasteiger partial charge < -0.3 is 20.1 Å². The first-order chi connectivity index (χ1) is 25.8. The average Bonchev–Trinajstić information content (AvgIpc) is 3.89. The zero-order chi connectivity index (χ0) is 39.7. The minimum Gasteiger partial charge on any atom is -0.472 e. The second kappa shape index (κ2) is 13.7. The zero-order valence-electron chi connectivity index (χ0n) is 32.1. The normalized spacial score (nSPS) is 30.3. The Bertz CT molecular complexity index is 2180. The lowest BCUT2D eigenvalue weighted by Gasteiger charge is -2.43. The standard InChI is InChI=1S/C38H50N8O8S/c1-22-11-7-8-12-24-19-38(24,33(49)43-55(52,53)37(6)15-16-37)41-30(47)28-18-25(54-31-26-13-9-10-14-27(26)45-21-39-42-34(45)40-31)20-44(28)32(48)29(23(2)17-22)46(35(50)51)36(3,4)5/h8-10,12-14,21-25,28-29H,7,11,15-20H2,1-6H3,(H,41,47)(H,43,49)(H,50,51)/b12-8-/t22-,23+,24+,25+,28-,29-,38+/m0/s1. The fourth-order valence-corrected chi connectivity index (χ4v) is 9.62. The molecule has 1 aromatic carbocycles. The summed E-state index contributed by atoms with van der Waals surface area (Å²) in [7, 11) is -4.02. The quantitative estimate of drug-likeness (QED) is 0.308. The van der Waals surface area contributed by atoms with E-state index >= 15 is 4.79 Å². The van der Waals surface area contributed by atoms with Gasteiger partial charge in [0.1, 0.15) is 30.1 Å². The molecule has 3 aromatic rings. The molecule has 2 aromatic heterocycles. The minimum absolute atomic E-state index is 0.0138. The molecule has 2 aliphatic heterocycles. The summed E-state index contributed by atoms with van der Waals surface area (Å²) in [6.07, 6.45) is 6.22. The Labute approximate surface area is 320 Å². The minimum atomic E-state index is -4.02. The number of fused-ring (bicyclic) bond motifs is 5. The highest BCUT2D eigenvalue weighted by atomic mass is 32.2. The molecule has 2 aliphatic carbocycles. The highest BCUT2D eigenvalue weighted by Gasteiger charge is 2.63. The van der Waals surface area contributed by atoms with Gasteiger partial charge in [-0.05, 0) is 90.2 Å². The lowest BCUT2D eigenvalue weighted by Crippen LogP contribution is -2.62. The van der Waals surface area contributed by atoms with Crippen LogP contribution in [0.1, 0.15) is 86.5 Å². The summed E-state index contributed by atoms with van der Waals surface area (Å²) in [4.78, 5) is 63.7. The number of nitrogens with one attached hydrogen (secondary N) is 2. The van der Waals surface area contributed by atoms with Gasteiger partial charge in [0.15, 0.2) is 0 Å². The van der Waals surface area contributed by atoms with Crippen molar-refractivity contribution in [2.45, 2.75) is 121 Å². The number of hydrogen-bond donors (Lipinski definition) is 3. The number of carbonyl (C=O) groups excluding carboxylic acids is 3. The molecular formula is C38H50N8O8S. The lowest BCUT2D eigenvalue weighted by molar-refractivity contribution is -0.146. The molecule has 1 saturated heterocycles. The van der Waals surface area contributed by atoms with Crippen LogP contribution in [0, 0.1) is 17.8 Å². The SMILES string of the molecule is C[C@H]1CC/C=C\[C@@H]2C[C@@]2(C(=O)NS(=O)(=O)C2(C)CC2)NC(=O)[C@@H]2C[C@@H](Oc3nc4nncn4c4ccccc34)CN2C(=O)[C@@H](N(C(=O)O)C(C)(C)C)[C@H](C)C1. The molecule has 0 radical (unpaired) electrons. The highest BCUT2D eigenvalue weighted by Crippen LogP contribution is 2.48. The van der Waals surface area contributed by atoms with Gasteiger partial charge >= 0.3 is 6.09 Å². The van der Waals surface area contributed by atoms with Gasteiger partial charge in [0, 0.05) is 17.9 Å². The molecule has 16 nitrogen and oxygen atoms in total. The molecule has 4 amide bonds. The molecule has 4 aliphatic rings. The third kappa shape index (κ3) is 7.11. The van der Waals surface area contributed by atoms with E-state index in [1.54, 1.807) is 32.1 Å². The van der Waals surface area contributed by atoms with Crippen LogP contribution in [0.5, 0.6) is 5.88 Å². The number of benzene rings is 1. The van der Waals surface area contributed by atoms with Crippen LogP contribution in [0.2, 0.25) is 0 Å². The maximum Gasteiger partial charge on any atom is 0.408 e. The first-order valence-corrected chi connectivity index (χ1v) is 20.5. The number of allylic oxidation sites excluding steroid dienone is 1. The summed E-state index contributed by atoms with van der Waals surface area (Å²) < 4.78 is 35.9. The molecule has 3 N–H and O–H groups in total. The molecule has 0 bridgehead atoms. The van der Waals surface area contributed by atoms with Crippen molar-refractivity contribution in [3.05, 3.63) is 42.7 Å². The molecule has 0 spiro atoms. The number of aromatic nitrogens is 4. The topological polar surface area (TPSA) is 206 Å². The van der Waals surface area contributed by atoms with Crippen LogP contribution in [0.3, 0.4) is 0 Å². The number of carbonyl (C=O) groups is 4. The van der Waals surface area contributed by atoms with Crippen LogP contribution in [0.4, 0.5) is 4.79 Å². The van der Waals surface area contributed by atoms with E-state index in [1.807, 2.05) is 43.3 Å². The van der Waals surface area contributed by atoms with E-state index in [2.05, 4.69) is 32.1 Å². The highest BCUT2D eigenvalue weighted by molar-refractivity contribution is 7.91. The second-order valence-electron chi connectivity index (χ2n) is 17.2. The Morgan fingerprint density at radius 3 is 2.55 bits per heavy atom. The van der Waals surface area contributed by atoms with Crippen molar-refractivity contribution < 1.29 is 37.4 Å². The van der Waals surface area contributed by atoms with Crippen LogP contribution in [-0.2, 0) is 24.4 Å². The molecular weight excluding hydrogens is 729 g/mol. The number of para-hydroxylation sites is 1. The third-order valence-electron chi connectivity index (χ3n) is 11.8. The Balaban J connectivity index is 1.28. The molecule has 17 heteroatoms. The predicted octanol–water partition coefficient (Wildman–Crippen LogP) is 3.66. The van der Waals surface area contributed by atoms with Crippen LogP contribution in [0.15, 0.2) is 42.7 Å². The average molecular weight is 779 g/mol. The van der Waals surface area contributed by atoms with Gasteiger partial charge in [-0.2, -0.15) is 4.98 Å². The number of rotatable bonds is 6. The van der Waals surface area contributed by atoms with E-state index in [-0.39, 0.29) is 37.0 Å². The monoisotopic (exact) mass is 778 g/mol. The smallest absolute Gasteiger partial charge is 0.408 e. The van der Waals surface area contributed by atoms with Crippen molar-refractivity contribution >= 4 is 50.5 Å². The Hall–Kier alpha value is -4.80. The second-order valence-corrected chi connectivity index (χ2v) is 19.4. The van der Waals surface area contributed by atoms with Gasteiger partial charge in [-0.3, -0.25) is 28.4 Å². The molecule has 2 saturated carbocycles. The van der Waals surface area contributed by atoms with Gasteiger partial charge in [0.2, 0.25) is 27.7 Å². The molecule has 3 fully saturated rings. The molecule has 55 heavy (non-hydrogen) atoms. The molecule has 7 atom stereocenters. The zero-order valence-corrected chi connectivity index (χ0v) is 32.9. The van der Waals surface area contributed by atoms with E-state index in [1.165, 1.54) is 16.1 Å². The first-order valence-electron chi connectivity index (χ1n) is 19.0. The Morgan fingerprint density at radius 2 is 1.85 bits per heavy atom. The summed E-state index contributed by atoms with van der Waals surface area (Å²) in [6.45, 7) is 10.6. The molecule has 0 unspecified atom stereocenters. The van der Waals surface area contributed by atoms with E-state index in [0.717, 1.165) is 11.9 Å². The van der Waals surface area contributed by atoms with E-state index < -0.39 is 79.7 Å². The maximum atomic E-state index is 15.1. The summed E-state index contributed by atoms with van der Waals surface area (Å²) in [5, 5.41) is 22.2. The fourth-order valence-electron chi connectivity index (χ4n) is 8.30. The van der Waals surface area contributed by atoms with Gasteiger partial charge in [0.25, 0.3) is 11.7 Å². The van der Waals surface area contributed by atoms with Crippen molar-refractivity contribution in [3.8, 4) is 5.88 Å². The van der Waals surface area contributed by atoms with E-state index in [4.69, 9.17) is 4.74 Å². The van der Waals surface area contributed by atoms with Crippen LogP contribution < -0.4 is 14.8 Å². The first kappa shape index (κ1) is 38.5. The van der Waals surface area contributed by atoms with Gasteiger partial charge in [-0.1, -0.05) is 38.1 Å². The predicted molar refractivity (Wildman–Crippen MR) is 201 cm³/mol. The van der Waals surface area contributed by atoms with Crippen molar-refractivity contribution in [1.29, 1.82) is 0 Å². The van der Waals surface area contributed by atoms with Gasteiger partial charge in [-0.25, -0.2) is 13.2 Å². The maximum absolute atomic E-state index is 15.1. The number of ether oxygens (including phenoxy) is 1. The van der Waals surface area contributed by atoms with E-state index in [9.17, 15) is 27.9 Å². The Morgan fingerprint density at radius 1 is 1.13 bits per heavy atom. The lowest BCUT2D eigenvalue weighted by atomic mass is 9.85. The van der Waals surface area contributed by atoms with Crippen molar-refractivity contribution in [1.82, 2.24) is 39.4 Å². The van der Waals surface area contributed by atoms with Crippen molar-refractivity contribution in [3.63, 3.8) is 0 Å². The Kier molecular flexibility index (Phi) is 9.61. The number of amides is 4.